The summed E-state index contributed by atoms with van der Waals surface area (Å²) in [5.74, 6) is 1.29. The number of rotatable bonds is 3. The van der Waals surface area contributed by atoms with Gasteiger partial charge in [0, 0.05) is 0 Å². The van der Waals surface area contributed by atoms with Crippen LogP contribution in [0, 0.1) is 0 Å². The molecule has 92 valence electrons. The summed E-state index contributed by atoms with van der Waals surface area (Å²) < 4.78 is 5.25. The second kappa shape index (κ2) is 5.32. The molecule has 0 N–H and O–H groups in total. The first-order chi connectivity index (χ1) is 8.24. The van der Waals surface area contributed by atoms with Crippen molar-refractivity contribution >= 4 is 6.29 Å². The highest BCUT2D eigenvalue weighted by molar-refractivity contribution is 5.79. The zero-order valence-electron chi connectivity index (χ0n) is 10.5. The second-order valence-electron chi connectivity index (χ2n) is 4.70. The molecule has 17 heavy (non-hydrogen) atoms. The van der Waals surface area contributed by atoms with Gasteiger partial charge >= 0.3 is 0 Å². The Morgan fingerprint density at radius 3 is 2.65 bits per heavy atom. The van der Waals surface area contributed by atoms with Crippen LogP contribution in [-0.2, 0) is 0 Å². The van der Waals surface area contributed by atoms with Crippen molar-refractivity contribution in [2.45, 2.75) is 18.8 Å². The Morgan fingerprint density at radius 1 is 1.35 bits per heavy atom. The molecular formula is C14H19NO2. The van der Waals surface area contributed by atoms with Crippen molar-refractivity contribution in [3.8, 4) is 5.75 Å². The fraction of sp³-hybridized carbons (Fsp3) is 0.500. The van der Waals surface area contributed by atoms with Gasteiger partial charge in [0.1, 0.15) is 5.75 Å². The molecule has 0 amide bonds. The summed E-state index contributed by atoms with van der Waals surface area (Å²) in [6.07, 6.45) is 3.21. The van der Waals surface area contributed by atoms with Gasteiger partial charge in [0.25, 0.3) is 0 Å². The smallest absolute Gasteiger partial charge is 0.153 e. The average Bonchev–Trinajstić information content (AvgIpc) is 2.39. The Morgan fingerprint density at radius 2 is 2.06 bits per heavy atom. The third-order valence-electron chi connectivity index (χ3n) is 3.57. The van der Waals surface area contributed by atoms with Crippen molar-refractivity contribution in [1.29, 1.82) is 0 Å². The van der Waals surface area contributed by atoms with Gasteiger partial charge in [0.2, 0.25) is 0 Å². The molecule has 1 aliphatic heterocycles. The van der Waals surface area contributed by atoms with Gasteiger partial charge in [-0.1, -0.05) is 6.07 Å². The maximum absolute atomic E-state index is 10.8. The lowest BCUT2D eigenvalue weighted by Gasteiger charge is -2.29. The first-order valence-corrected chi connectivity index (χ1v) is 6.06. The largest absolute Gasteiger partial charge is 0.496 e. The minimum absolute atomic E-state index is 0.598. The highest BCUT2D eigenvalue weighted by Gasteiger charge is 2.19. The van der Waals surface area contributed by atoms with Gasteiger partial charge < -0.3 is 9.64 Å². The van der Waals surface area contributed by atoms with Crippen molar-refractivity contribution in [3.63, 3.8) is 0 Å². The van der Waals surface area contributed by atoms with Crippen molar-refractivity contribution in [3.05, 3.63) is 29.3 Å². The standard InChI is InChI=1S/C14H19NO2/c1-15-7-5-11(6-8-15)12-3-4-13(10-16)14(9-12)17-2/h3-4,9-11H,5-8H2,1-2H3. The van der Waals surface area contributed by atoms with Crippen LogP contribution in [0.1, 0.15) is 34.7 Å². The molecule has 1 heterocycles. The van der Waals surface area contributed by atoms with Crippen LogP contribution in [0.15, 0.2) is 18.2 Å². The highest BCUT2D eigenvalue weighted by Crippen LogP contribution is 2.30. The third-order valence-corrected chi connectivity index (χ3v) is 3.57. The first kappa shape index (κ1) is 12.1. The number of hydrogen-bond acceptors (Lipinski definition) is 3. The van der Waals surface area contributed by atoms with Crippen molar-refractivity contribution in [1.82, 2.24) is 4.90 Å². The number of piperidine rings is 1. The van der Waals surface area contributed by atoms with Gasteiger partial charge in [-0.3, -0.25) is 4.79 Å². The van der Waals surface area contributed by atoms with Gasteiger partial charge in [-0.05, 0) is 56.6 Å². The third kappa shape index (κ3) is 2.67. The molecule has 0 aliphatic carbocycles. The Balaban J connectivity index is 2.18. The van der Waals surface area contributed by atoms with Crippen LogP contribution in [0.5, 0.6) is 5.75 Å². The lowest BCUT2D eigenvalue weighted by atomic mass is 9.89. The molecule has 0 spiro atoms. The number of benzene rings is 1. The maximum Gasteiger partial charge on any atom is 0.153 e. The molecular weight excluding hydrogens is 214 g/mol. The lowest BCUT2D eigenvalue weighted by Crippen LogP contribution is -2.29. The molecule has 0 bridgehead atoms. The van der Waals surface area contributed by atoms with Crippen molar-refractivity contribution < 1.29 is 9.53 Å². The van der Waals surface area contributed by atoms with Crippen LogP contribution >= 0.6 is 0 Å². The number of nitrogens with zero attached hydrogens (tertiary/aromatic N) is 1. The molecule has 3 nitrogen and oxygen atoms in total. The van der Waals surface area contributed by atoms with E-state index in [9.17, 15) is 4.79 Å². The number of aldehydes is 1. The van der Waals surface area contributed by atoms with Crippen molar-refractivity contribution in [2.24, 2.45) is 0 Å². The summed E-state index contributed by atoms with van der Waals surface area (Å²) in [6, 6.07) is 5.93. The molecule has 0 atom stereocenters. The summed E-state index contributed by atoms with van der Waals surface area (Å²) in [6.45, 7) is 2.28. The summed E-state index contributed by atoms with van der Waals surface area (Å²) in [7, 11) is 3.77. The second-order valence-corrected chi connectivity index (χ2v) is 4.70. The monoisotopic (exact) mass is 233 g/mol. The number of ether oxygens (including phenoxy) is 1. The molecule has 1 aliphatic rings. The molecule has 1 aromatic carbocycles. The Kier molecular flexibility index (Phi) is 3.79. The van der Waals surface area contributed by atoms with Gasteiger partial charge in [0.15, 0.2) is 6.29 Å². The van der Waals surface area contributed by atoms with Gasteiger partial charge in [0.05, 0.1) is 12.7 Å². The van der Waals surface area contributed by atoms with Crippen LogP contribution in [0.25, 0.3) is 0 Å². The van der Waals surface area contributed by atoms with E-state index in [1.165, 1.54) is 18.4 Å². The Bertz CT molecular complexity index is 395. The van der Waals surface area contributed by atoms with E-state index in [1.807, 2.05) is 12.1 Å². The molecule has 2 rings (SSSR count). The topological polar surface area (TPSA) is 29.5 Å². The maximum atomic E-state index is 10.8. The highest BCUT2D eigenvalue weighted by atomic mass is 16.5. The van der Waals surface area contributed by atoms with Crippen LogP contribution < -0.4 is 4.74 Å². The van der Waals surface area contributed by atoms with E-state index in [2.05, 4.69) is 18.0 Å². The van der Waals surface area contributed by atoms with Gasteiger partial charge in [-0.25, -0.2) is 0 Å². The molecule has 3 heteroatoms. The minimum Gasteiger partial charge on any atom is -0.496 e. The van der Waals surface area contributed by atoms with E-state index in [-0.39, 0.29) is 0 Å². The normalized spacial score (nSPS) is 18.0. The number of hydrogen-bond donors (Lipinski definition) is 0. The fourth-order valence-corrected chi connectivity index (χ4v) is 2.42. The molecule has 1 saturated heterocycles. The van der Waals surface area contributed by atoms with Gasteiger partial charge in [-0.15, -0.1) is 0 Å². The predicted octanol–water partition coefficient (Wildman–Crippen LogP) is 2.32. The lowest BCUT2D eigenvalue weighted by molar-refractivity contribution is 0.112. The van der Waals surface area contributed by atoms with Crippen LogP contribution in [-0.4, -0.2) is 38.4 Å². The minimum atomic E-state index is 0.598. The average molecular weight is 233 g/mol. The predicted molar refractivity (Wildman–Crippen MR) is 67.9 cm³/mol. The number of carbonyl (C=O) groups is 1. The quantitative estimate of drug-likeness (QED) is 0.750. The number of methoxy groups -OCH3 is 1. The summed E-state index contributed by atoms with van der Waals surface area (Å²) in [5, 5.41) is 0. The Hall–Kier alpha value is -1.35. The molecule has 0 saturated carbocycles. The zero-order chi connectivity index (χ0) is 12.3. The molecule has 0 radical (unpaired) electrons. The Labute approximate surface area is 102 Å². The van der Waals surface area contributed by atoms with E-state index in [1.54, 1.807) is 7.11 Å². The summed E-state index contributed by atoms with van der Waals surface area (Å²) >= 11 is 0. The van der Waals surface area contributed by atoms with E-state index in [0.717, 1.165) is 19.4 Å². The number of likely N-dealkylation sites (tertiary alicyclic amines) is 1. The van der Waals surface area contributed by atoms with E-state index in [4.69, 9.17) is 4.74 Å². The zero-order valence-corrected chi connectivity index (χ0v) is 10.5. The molecule has 1 aromatic rings. The van der Waals surface area contributed by atoms with Crippen LogP contribution in [0.4, 0.5) is 0 Å². The summed E-state index contributed by atoms with van der Waals surface area (Å²) in [4.78, 5) is 13.2. The van der Waals surface area contributed by atoms with Gasteiger partial charge in [-0.2, -0.15) is 0 Å². The van der Waals surface area contributed by atoms with E-state index >= 15 is 0 Å². The fourth-order valence-electron chi connectivity index (χ4n) is 2.42. The van der Waals surface area contributed by atoms with Crippen LogP contribution in [0.3, 0.4) is 0 Å². The summed E-state index contributed by atoms with van der Waals surface area (Å²) in [5.41, 5.74) is 1.92. The van der Waals surface area contributed by atoms with Crippen LogP contribution in [0.2, 0.25) is 0 Å². The van der Waals surface area contributed by atoms with E-state index < -0.39 is 0 Å². The molecule has 0 aromatic heterocycles. The SMILES string of the molecule is COc1cc(C2CCN(C)CC2)ccc1C=O. The van der Waals surface area contributed by atoms with Crippen molar-refractivity contribution in [2.75, 3.05) is 27.2 Å². The number of carbonyl (C=O) groups excluding carboxylic acids is 1. The first-order valence-electron chi connectivity index (χ1n) is 6.06. The molecule has 1 fully saturated rings. The molecule has 0 unspecified atom stereocenters. The van der Waals surface area contributed by atoms with E-state index in [0.29, 0.717) is 17.2 Å².